The molecule has 3 rings (SSSR count). The first-order valence-corrected chi connectivity index (χ1v) is 8.68. The molecule has 0 radical (unpaired) electrons. The van der Waals surface area contributed by atoms with Crippen molar-refractivity contribution in [3.63, 3.8) is 0 Å². The van der Waals surface area contributed by atoms with Crippen LogP contribution in [0.3, 0.4) is 0 Å². The number of rotatable bonds is 7. The van der Waals surface area contributed by atoms with Gasteiger partial charge < -0.3 is 10.1 Å². The molecule has 0 amide bonds. The summed E-state index contributed by atoms with van der Waals surface area (Å²) >= 11 is 1.78. The summed E-state index contributed by atoms with van der Waals surface area (Å²) in [5.74, 6) is 0.911. The normalized spacial score (nSPS) is 10.7. The number of hydrogen-bond acceptors (Lipinski definition) is 3. The second-order valence-electron chi connectivity index (χ2n) is 5.60. The van der Waals surface area contributed by atoms with E-state index in [0.717, 1.165) is 18.8 Å². The Morgan fingerprint density at radius 3 is 2.52 bits per heavy atom. The van der Waals surface area contributed by atoms with Crippen molar-refractivity contribution in [2.45, 2.75) is 26.6 Å². The molecule has 1 heterocycles. The molecule has 23 heavy (non-hydrogen) atoms. The average Bonchev–Trinajstić information content (AvgIpc) is 3.08. The lowest BCUT2D eigenvalue weighted by Gasteiger charge is -2.08. The van der Waals surface area contributed by atoms with Gasteiger partial charge in [0.05, 0.1) is 0 Å². The molecule has 0 saturated carbocycles. The van der Waals surface area contributed by atoms with Crippen LogP contribution in [0.1, 0.15) is 21.6 Å². The quantitative estimate of drug-likeness (QED) is 0.666. The molecule has 0 aliphatic rings. The summed E-state index contributed by atoms with van der Waals surface area (Å²) in [6.45, 7) is 4.50. The minimum atomic E-state index is 0.609. The van der Waals surface area contributed by atoms with E-state index in [1.165, 1.54) is 21.6 Å². The third-order valence-electron chi connectivity index (χ3n) is 3.62. The fourth-order valence-electron chi connectivity index (χ4n) is 2.42. The van der Waals surface area contributed by atoms with Crippen LogP contribution in [0.25, 0.3) is 0 Å². The summed E-state index contributed by atoms with van der Waals surface area (Å²) in [7, 11) is 0. The van der Waals surface area contributed by atoms with Gasteiger partial charge in [-0.2, -0.15) is 0 Å². The largest absolute Gasteiger partial charge is 0.489 e. The zero-order valence-corrected chi connectivity index (χ0v) is 14.1. The first-order valence-electron chi connectivity index (χ1n) is 7.80. The van der Waals surface area contributed by atoms with Crippen molar-refractivity contribution in [3.05, 3.63) is 87.6 Å². The molecule has 1 N–H and O–H groups in total. The first-order chi connectivity index (χ1) is 11.3. The summed E-state index contributed by atoms with van der Waals surface area (Å²) in [6, 6.07) is 21.0. The SMILES string of the molecule is Cc1cccc(COc2ccc(CNCc3cccs3)cc2)c1. The van der Waals surface area contributed by atoms with Crippen LogP contribution in [0.15, 0.2) is 66.0 Å². The summed E-state index contributed by atoms with van der Waals surface area (Å²) in [6.07, 6.45) is 0. The average molecular weight is 323 g/mol. The van der Waals surface area contributed by atoms with Crippen LogP contribution in [0.2, 0.25) is 0 Å². The minimum absolute atomic E-state index is 0.609. The molecule has 0 spiro atoms. The molecule has 118 valence electrons. The topological polar surface area (TPSA) is 21.3 Å². The van der Waals surface area contributed by atoms with Crippen LogP contribution < -0.4 is 10.1 Å². The van der Waals surface area contributed by atoms with Crippen LogP contribution in [-0.2, 0) is 19.7 Å². The van der Waals surface area contributed by atoms with Gasteiger partial charge >= 0.3 is 0 Å². The molecule has 3 heteroatoms. The van der Waals surface area contributed by atoms with E-state index in [0.29, 0.717) is 6.61 Å². The fraction of sp³-hybridized carbons (Fsp3) is 0.200. The van der Waals surface area contributed by atoms with Crippen molar-refractivity contribution >= 4 is 11.3 Å². The molecular formula is C20H21NOS. The molecular weight excluding hydrogens is 302 g/mol. The lowest BCUT2D eigenvalue weighted by molar-refractivity contribution is 0.306. The molecule has 0 unspecified atom stereocenters. The Bertz CT molecular complexity index is 720. The van der Waals surface area contributed by atoms with Crippen molar-refractivity contribution in [1.29, 1.82) is 0 Å². The van der Waals surface area contributed by atoms with E-state index in [9.17, 15) is 0 Å². The van der Waals surface area contributed by atoms with Crippen LogP contribution in [0.4, 0.5) is 0 Å². The van der Waals surface area contributed by atoms with E-state index >= 15 is 0 Å². The molecule has 2 aromatic carbocycles. The van der Waals surface area contributed by atoms with Gasteiger partial charge in [0.1, 0.15) is 12.4 Å². The molecule has 0 saturated heterocycles. The number of nitrogens with one attached hydrogen (secondary N) is 1. The summed E-state index contributed by atoms with van der Waals surface area (Å²) < 4.78 is 5.85. The first kappa shape index (κ1) is 15.8. The summed E-state index contributed by atoms with van der Waals surface area (Å²) in [5, 5.41) is 5.57. The summed E-state index contributed by atoms with van der Waals surface area (Å²) in [4.78, 5) is 1.36. The standard InChI is InChI=1S/C20H21NOS/c1-16-4-2-5-18(12-16)15-22-19-9-7-17(8-10-19)13-21-14-20-6-3-11-23-20/h2-12,21H,13-15H2,1H3. The van der Waals surface area contributed by atoms with Crippen LogP contribution >= 0.6 is 11.3 Å². The third kappa shape index (κ3) is 4.95. The highest BCUT2D eigenvalue weighted by molar-refractivity contribution is 7.09. The Kier molecular flexibility index (Phi) is 5.46. The molecule has 0 bridgehead atoms. The van der Waals surface area contributed by atoms with Crippen molar-refractivity contribution < 1.29 is 4.74 Å². The highest BCUT2D eigenvalue weighted by Crippen LogP contribution is 2.15. The Morgan fingerprint density at radius 2 is 1.78 bits per heavy atom. The van der Waals surface area contributed by atoms with Gasteiger partial charge in [-0.1, -0.05) is 48.0 Å². The molecule has 3 aromatic rings. The van der Waals surface area contributed by atoms with Gasteiger partial charge in [-0.3, -0.25) is 0 Å². The van der Waals surface area contributed by atoms with E-state index in [2.05, 4.69) is 66.2 Å². The van der Waals surface area contributed by atoms with Gasteiger partial charge in [0.15, 0.2) is 0 Å². The lowest BCUT2D eigenvalue weighted by Crippen LogP contribution is -2.11. The zero-order chi connectivity index (χ0) is 15.9. The maximum Gasteiger partial charge on any atom is 0.119 e. The van der Waals surface area contributed by atoms with E-state index in [1.54, 1.807) is 11.3 Å². The lowest BCUT2D eigenvalue weighted by atomic mass is 10.1. The van der Waals surface area contributed by atoms with Crippen molar-refractivity contribution in [2.75, 3.05) is 0 Å². The Morgan fingerprint density at radius 1 is 0.913 bits per heavy atom. The number of thiophene rings is 1. The van der Waals surface area contributed by atoms with E-state index < -0.39 is 0 Å². The Hall–Kier alpha value is -2.10. The molecule has 0 fully saturated rings. The maximum atomic E-state index is 5.85. The van der Waals surface area contributed by atoms with Crippen LogP contribution in [0, 0.1) is 6.92 Å². The van der Waals surface area contributed by atoms with Gasteiger partial charge in [0.25, 0.3) is 0 Å². The molecule has 2 nitrogen and oxygen atoms in total. The van der Waals surface area contributed by atoms with E-state index in [-0.39, 0.29) is 0 Å². The predicted molar refractivity (Wildman–Crippen MR) is 96.8 cm³/mol. The van der Waals surface area contributed by atoms with Crippen molar-refractivity contribution in [2.24, 2.45) is 0 Å². The molecule has 0 aliphatic carbocycles. The fourth-order valence-corrected chi connectivity index (χ4v) is 3.09. The van der Waals surface area contributed by atoms with Crippen molar-refractivity contribution in [3.8, 4) is 5.75 Å². The zero-order valence-electron chi connectivity index (χ0n) is 13.3. The highest BCUT2D eigenvalue weighted by Gasteiger charge is 1.99. The monoisotopic (exact) mass is 323 g/mol. The second kappa shape index (κ2) is 7.95. The van der Waals surface area contributed by atoms with Crippen molar-refractivity contribution in [1.82, 2.24) is 5.32 Å². The highest BCUT2D eigenvalue weighted by atomic mass is 32.1. The number of hydrogen-bond donors (Lipinski definition) is 1. The van der Waals surface area contributed by atoms with Gasteiger partial charge in [-0.25, -0.2) is 0 Å². The van der Waals surface area contributed by atoms with E-state index in [1.807, 2.05) is 12.1 Å². The van der Waals surface area contributed by atoms with Gasteiger partial charge in [0.2, 0.25) is 0 Å². The predicted octanol–water partition coefficient (Wildman–Crippen LogP) is 4.93. The summed E-state index contributed by atoms with van der Waals surface area (Å²) in [5.41, 5.74) is 3.73. The van der Waals surface area contributed by atoms with Gasteiger partial charge in [-0.05, 0) is 41.6 Å². The molecule has 0 aliphatic heterocycles. The maximum absolute atomic E-state index is 5.85. The number of benzene rings is 2. The van der Waals surface area contributed by atoms with E-state index in [4.69, 9.17) is 4.74 Å². The Balaban J connectivity index is 1.47. The smallest absolute Gasteiger partial charge is 0.119 e. The third-order valence-corrected chi connectivity index (χ3v) is 4.50. The van der Waals surface area contributed by atoms with Crippen LogP contribution in [-0.4, -0.2) is 0 Å². The molecule has 1 aromatic heterocycles. The minimum Gasteiger partial charge on any atom is -0.489 e. The number of ether oxygens (including phenoxy) is 1. The van der Waals surface area contributed by atoms with Crippen LogP contribution in [0.5, 0.6) is 5.75 Å². The second-order valence-corrected chi connectivity index (χ2v) is 6.64. The molecule has 0 atom stereocenters. The number of aryl methyl sites for hydroxylation is 1. The Labute approximate surface area is 141 Å². The van der Waals surface area contributed by atoms with Gasteiger partial charge in [0, 0.05) is 18.0 Å². The van der Waals surface area contributed by atoms with Gasteiger partial charge in [-0.15, -0.1) is 11.3 Å².